The second kappa shape index (κ2) is 7.57. The second-order valence-electron chi connectivity index (χ2n) is 6.01. The Morgan fingerprint density at radius 3 is 2.89 bits per heavy atom. The summed E-state index contributed by atoms with van der Waals surface area (Å²) < 4.78 is 8.05. The summed E-state index contributed by atoms with van der Waals surface area (Å²) in [5, 5.41) is 5.51. The smallest absolute Gasteiger partial charge is 0.350 e. The molecular formula is C19H15ClN4O3S. The molecule has 4 aromatic rings. The summed E-state index contributed by atoms with van der Waals surface area (Å²) in [6.07, 6.45) is 1.64. The highest BCUT2D eigenvalue weighted by atomic mass is 35.5. The van der Waals surface area contributed by atoms with Gasteiger partial charge in [-0.25, -0.2) is 19.3 Å². The molecule has 3 aromatic heterocycles. The molecule has 0 spiro atoms. The number of hydrogen-bond donors (Lipinski definition) is 0. The number of aromatic nitrogens is 4. The molecule has 9 heteroatoms. The number of thiazole rings is 1. The van der Waals surface area contributed by atoms with Crippen LogP contribution in [0.3, 0.4) is 0 Å². The summed E-state index contributed by atoms with van der Waals surface area (Å²) in [6.45, 7) is 1.96. The zero-order valence-corrected chi connectivity index (χ0v) is 16.4. The van der Waals surface area contributed by atoms with Crippen LogP contribution >= 0.6 is 22.9 Å². The van der Waals surface area contributed by atoms with Gasteiger partial charge in [-0.1, -0.05) is 29.8 Å². The molecule has 0 saturated carbocycles. The van der Waals surface area contributed by atoms with Gasteiger partial charge in [0.25, 0.3) is 0 Å². The number of carbonyl (C=O) groups is 1. The summed E-state index contributed by atoms with van der Waals surface area (Å²) in [5.74, 6) is -0.472. The predicted octanol–water partition coefficient (Wildman–Crippen LogP) is 3.44. The molecule has 3 heterocycles. The minimum Gasteiger partial charge on any atom is -0.459 e. The van der Waals surface area contributed by atoms with Crippen LogP contribution in [-0.2, 0) is 11.3 Å². The van der Waals surface area contributed by atoms with Crippen LogP contribution in [0, 0.1) is 6.92 Å². The maximum atomic E-state index is 12.4. The number of esters is 1. The quantitative estimate of drug-likeness (QED) is 0.467. The van der Waals surface area contributed by atoms with Crippen LogP contribution in [0.25, 0.3) is 16.2 Å². The Hall–Kier alpha value is -2.97. The van der Waals surface area contributed by atoms with E-state index in [2.05, 4.69) is 10.1 Å². The van der Waals surface area contributed by atoms with E-state index in [1.54, 1.807) is 43.5 Å². The Bertz CT molecular complexity index is 1230. The van der Waals surface area contributed by atoms with Crippen molar-refractivity contribution in [1.29, 1.82) is 0 Å². The molecule has 0 unspecified atom stereocenters. The SMILES string of the molecule is Cc1nc(-c2cccc(Cl)c2)sc1C(=O)OCCn1nc2ccccn2c1=O. The lowest BCUT2D eigenvalue weighted by atomic mass is 10.2. The van der Waals surface area contributed by atoms with Crippen LogP contribution in [0.2, 0.25) is 5.02 Å². The first kappa shape index (κ1) is 18.4. The molecule has 0 amide bonds. The standard InChI is InChI=1S/C19H15ClN4O3S/c1-12-16(28-17(21-12)13-5-4-6-14(20)11-13)18(25)27-10-9-24-19(26)23-8-3-2-7-15(23)22-24/h2-8,11H,9-10H2,1H3. The Morgan fingerprint density at radius 2 is 2.11 bits per heavy atom. The summed E-state index contributed by atoms with van der Waals surface area (Å²) in [4.78, 5) is 29.5. The molecule has 0 radical (unpaired) electrons. The molecule has 0 N–H and O–H groups in total. The molecule has 0 aliphatic carbocycles. The van der Waals surface area contributed by atoms with Crippen molar-refractivity contribution >= 4 is 34.6 Å². The van der Waals surface area contributed by atoms with Gasteiger partial charge >= 0.3 is 11.7 Å². The van der Waals surface area contributed by atoms with E-state index >= 15 is 0 Å². The van der Waals surface area contributed by atoms with Crippen molar-refractivity contribution in [2.75, 3.05) is 6.61 Å². The van der Waals surface area contributed by atoms with Crippen LogP contribution < -0.4 is 5.69 Å². The van der Waals surface area contributed by atoms with Gasteiger partial charge in [0, 0.05) is 16.8 Å². The summed E-state index contributed by atoms with van der Waals surface area (Å²) in [5.41, 5.74) is 1.71. The zero-order valence-electron chi connectivity index (χ0n) is 14.8. The van der Waals surface area contributed by atoms with Gasteiger partial charge in [-0.05, 0) is 31.2 Å². The molecule has 0 aliphatic heterocycles. The molecule has 0 aliphatic rings. The predicted molar refractivity (Wildman–Crippen MR) is 107 cm³/mol. The molecule has 0 atom stereocenters. The van der Waals surface area contributed by atoms with E-state index in [0.29, 0.717) is 26.2 Å². The Morgan fingerprint density at radius 1 is 1.25 bits per heavy atom. The number of rotatable bonds is 5. The first-order chi connectivity index (χ1) is 13.5. The van der Waals surface area contributed by atoms with Gasteiger partial charge in [-0.15, -0.1) is 16.4 Å². The van der Waals surface area contributed by atoms with E-state index in [1.807, 2.05) is 12.1 Å². The summed E-state index contributed by atoms with van der Waals surface area (Å²) in [7, 11) is 0. The van der Waals surface area contributed by atoms with Crippen molar-refractivity contribution in [2.45, 2.75) is 13.5 Å². The third-order valence-corrected chi connectivity index (χ3v) is 5.50. The topological polar surface area (TPSA) is 78.5 Å². The molecule has 0 fully saturated rings. The van der Waals surface area contributed by atoms with Crippen LogP contribution in [0.15, 0.2) is 53.5 Å². The molecular weight excluding hydrogens is 400 g/mol. The molecule has 142 valence electrons. The molecule has 0 bridgehead atoms. The maximum absolute atomic E-state index is 12.4. The Labute approximate surface area is 168 Å². The number of ether oxygens (including phenoxy) is 1. The lowest BCUT2D eigenvalue weighted by Gasteiger charge is -2.03. The fraction of sp³-hybridized carbons (Fsp3) is 0.158. The third kappa shape index (κ3) is 3.56. The number of hydrogen-bond acceptors (Lipinski definition) is 6. The van der Waals surface area contributed by atoms with Crippen molar-refractivity contribution in [1.82, 2.24) is 19.2 Å². The monoisotopic (exact) mass is 414 g/mol. The van der Waals surface area contributed by atoms with E-state index in [0.717, 1.165) is 5.56 Å². The molecule has 1 aromatic carbocycles. The Kier molecular flexibility index (Phi) is 4.97. The fourth-order valence-corrected chi connectivity index (χ4v) is 3.88. The maximum Gasteiger partial charge on any atom is 0.350 e. The summed E-state index contributed by atoms with van der Waals surface area (Å²) >= 11 is 7.27. The van der Waals surface area contributed by atoms with Gasteiger partial charge in [-0.3, -0.25) is 4.40 Å². The number of pyridine rings is 1. The molecule has 7 nitrogen and oxygen atoms in total. The van der Waals surface area contributed by atoms with Gasteiger partial charge < -0.3 is 4.74 Å². The van der Waals surface area contributed by atoms with Crippen LogP contribution in [0.4, 0.5) is 0 Å². The average Bonchev–Trinajstić information content (AvgIpc) is 3.23. The molecule has 0 saturated heterocycles. The highest BCUT2D eigenvalue weighted by Crippen LogP contribution is 2.29. The largest absolute Gasteiger partial charge is 0.459 e. The first-order valence-electron chi connectivity index (χ1n) is 8.47. The Balaban J connectivity index is 1.45. The average molecular weight is 415 g/mol. The molecule has 4 rings (SSSR count). The highest BCUT2D eigenvalue weighted by molar-refractivity contribution is 7.17. The number of aryl methyl sites for hydroxylation is 1. The van der Waals surface area contributed by atoms with Crippen molar-refractivity contribution in [3.63, 3.8) is 0 Å². The number of fused-ring (bicyclic) bond motifs is 1. The summed E-state index contributed by atoms with van der Waals surface area (Å²) in [6, 6.07) is 12.6. The molecule has 28 heavy (non-hydrogen) atoms. The number of nitrogens with zero attached hydrogens (tertiary/aromatic N) is 4. The van der Waals surface area contributed by atoms with Crippen molar-refractivity contribution in [3.8, 4) is 10.6 Å². The highest BCUT2D eigenvalue weighted by Gasteiger charge is 2.18. The fourth-order valence-electron chi connectivity index (χ4n) is 2.73. The van der Waals surface area contributed by atoms with E-state index in [9.17, 15) is 9.59 Å². The van der Waals surface area contributed by atoms with Crippen LogP contribution in [0.5, 0.6) is 0 Å². The van der Waals surface area contributed by atoms with Gasteiger partial charge in [0.05, 0.1) is 12.2 Å². The van der Waals surface area contributed by atoms with Crippen molar-refractivity contribution in [3.05, 3.63) is 74.7 Å². The van der Waals surface area contributed by atoms with E-state index in [4.69, 9.17) is 16.3 Å². The van der Waals surface area contributed by atoms with Gasteiger partial charge in [-0.2, -0.15) is 0 Å². The number of carbonyl (C=O) groups excluding carboxylic acids is 1. The normalized spacial score (nSPS) is 11.1. The van der Waals surface area contributed by atoms with Crippen molar-refractivity contribution in [2.24, 2.45) is 0 Å². The van der Waals surface area contributed by atoms with Gasteiger partial charge in [0.2, 0.25) is 0 Å². The van der Waals surface area contributed by atoms with E-state index in [-0.39, 0.29) is 18.8 Å². The third-order valence-electron chi connectivity index (χ3n) is 4.08. The second-order valence-corrected chi connectivity index (χ2v) is 7.45. The lowest BCUT2D eigenvalue weighted by molar-refractivity contribution is 0.0491. The number of halogens is 1. The minimum absolute atomic E-state index is 0.0342. The van der Waals surface area contributed by atoms with E-state index < -0.39 is 5.97 Å². The van der Waals surface area contributed by atoms with Crippen molar-refractivity contribution < 1.29 is 9.53 Å². The number of benzene rings is 1. The lowest BCUT2D eigenvalue weighted by Crippen LogP contribution is -2.24. The van der Waals surface area contributed by atoms with E-state index in [1.165, 1.54) is 20.4 Å². The first-order valence-corrected chi connectivity index (χ1v) is 9.67. The van der Waals surface area contributed by atoms with Crippen LogP contribution in [-0.4, -0.2) is 31.7 Å². The minimum atomic E-state index is -0.472. The van der Waals surface area contributed by atoms with Gasteiger partial charge in [0.15, 0.2) is 5.65 Å². The zero-order chi connectivity index (χ0) is 19.7. The van der Waals surface area contributed by atoms with Crippen LogP contribution in [0.1, 0.15) is 15.4 Å². The van der Waals surface area contributed by atoms with Gasteiger partial charge in [0.1, 0.15) is 16.5 Å².